The Kier molecular flexibility index (Phi) is 6.45. The van der Waals surface area contributed by atoms with Gasteiger partial charge in [-0.1, -0.05) is 23.7 Å². The quantitative estimate of drug-likeness (QED) is 0.739. The molecule has 0 unspecified atom stereocenters. The number of rotatable bonds is 6. The van der Waals surface area contributed by atoms with Crippen LogP contribution in [0.25, 0.3) is 0 Å². The van der Waals surface area contributed by atoms with Gasteiger partial charge in [-0.2, -0.15) is 0 Å². The molecule has 0 aromatic heterocycles. The van der Waals surface area contributed by atoms with E-state index in [0.717, 1.165) is 10.6 Å². The van der Waals surface area contributed by atoms with E-state index in [1.54, 1.807) is 36.4 Å². The SMILES string of the molecule is COC(=O)c1cccc(NC(=O)[C@@H](C)N(c2cccc(Cl)c2)S(C)(=O)=O)c1. The average Bonchev–Trinajstić information content (AvgIpc) is 2.60. The summed E-state index contributed by atoms with van der Waals surface area (Å²) in [5.41, 5.74) is 0.878. The maximum atomic E-state index is 12.6. The Balaban J connectivity index is 2.29. The van der Waals surface area contributed by atoms with Gasteiger partial charge in [0.05, 0.1) is 24.6 Å². The van der Waals surface area contributed by atoms with E-state index in [9.17, 15) is 18.0 Å². The first-order valence-corrected chi connectivity index (χ1v) is 10.1. The lowest BCUT2D eigenvalue weighted by atomic mass is 10.2. The molecule has 2 rings (SSSR count). The molecule has 9 heteroatoms. The molecular formula is C18H19ClN2O5S. The summed E-state index contributed by atoms with van der Waals surface area (Å²) in [4.78, 5) is 24.3. The topological polar surface area (TPSA) is 92.8 Å². The molecule has 0 heterocycles. The number of amides is 1. The van der Waals surface area contributed by atoms with Gasteiger partial charge < -0.3 is 10.1 Å². The molecular weight excluding hydrogens is 392 g/mol. The van der Waals surface area contributed by atoms with Gasteiger partial charge in [0.25, 0.3) is 0 Å². The molecule has 2 aromatic rings. The number of hydrogen-bond acceptors (Lipinski definition) is 5. The summed E-state index contributed by atoms with van der Waals surface area (Å²) in [6.45, 7) is 1.46. The van der Waals surface area contributed by atoms with E-state index in [1.165, 1.54) is 26.2 Å². The molecule has 27 heavy (non-hydrogen) atoms. The van der Waals surface area contributed by atoms with Crippen LogP contribution in [0.3, 0.4) is 0 Å². The first-order chi connectivity index (χ1) is 12.6. The fourth-order valence-electron chi connectivity index (χ4n) is 2.51. The number of carbonyl (C=O) groups is 2. The van der Waals surface area contributed by atoms with Crippen molar-refractivity contribution in [1.29, 1.82) is 0 Å². The minimum absolute atomic E-state index is 0.262. The van der Waals surface area contributed by atoms with Crippen molar-refractivity contribution >= 4 is 44.9 Å². The van der Waals surface area contributed by atoms with Crippen molar-refractivity contribution in [3.8, 4) is 0 Å². The number of benzene rings is 2. The number of carbonyl (C=O) groups excluding carboxylic acids is 2. The highest BCUT2D eigenvalue weighted by molar-refractivity contribution is 7.92. The van der Waals surface area contributed by atoms with Gasteiger partial charge in [-0.15, -0.1) is 0 Å². The molecule has 0 aliphatic carbocycles. The highest BCUT2D eigenvalue weighted by atomic mass is 35.5. The Labute approximate surface area is 162 Å². The van der Waals surface area contributed by atoms with Gasteiger partial charge in [0.2, 0.25) is 15.9 Å². The van der Waals surface area contributed by atoms with E-state index in [2.05, 4.69) is 10.1 Å². The Morgan fingerprint density at radius 1 is 1.15 bits per heavy atom. The van der Waals surface area contributed by atoms with E-state index in [-0.39, 0.29) is 11.3 Å². The second-order valence-corrected chi connectivity index (χ2v) is 8.07. The Morgan fingerprint density at radius 2 is 1.81 bits per heavy atom. The number of nitrogens with one attached hydrogen (secondary N) is 1. The summed E-state index contributed by atoms with van der Waals surface area (Å²) in [7, 11) is -2.50. The van der Waals surface area contributed by atoms with Crippen LogP contribution in [-0.2, 0) is 19.6 Å². The van der Waals surface area contributed by atoms with Crippen molar-refractivity contribution in [1.82, 2.24) is 0 Å². The average molecular weight is 411 g/mol. The van der Waals surface area contributed by atoms with Gasteiger partial charge in [-0.25, -0.2) is 13.2 Å². The zero-order valence-corrected chi connectivity index (χ0v) is 16.5. The summed E-state index contributed by atoms with van der Waals surface area (Å²) in [6, 6.07) is 11.3. The van der Waals surface area contributed by atoms with Crippen molar-refractivity contribution < 1.29 is 22.7 Å². The van der Waals surface area contributed by atoms with Crippen LogP contribution in [0.4, 0.5) is 11.4 Å². The van der Waals surface area contributed by atoms with Crippen LogP contribution < -0.4 is 9.62 Å². The standard InChI is InChI=1S/C18H19ClN2O5S/c1-12(21(27(3,24)25)16-9-5-7-14(19)11-16)17(22)20-15-8-4-6-13(10-15)18(23)26-2/h4-12H,1-3H3,(H,20,22)/t12-/m1/s1. The minimum Gasteiger partial charge on any atom is -0.465 e. The molecule has 0 aliphatic heterocycles. The molecule has 0 aliphatic rings. The van der Waals surface area contributed by atoms with Crippen molar-refractivity contribution in [2.24, 2.45) is 0 Å². The molecule has 2 aromatic carbocycles. The van der Waals surface area contributed by atoms with E-state index in [4.69, 9.17) is 11.6 Å². The van der Waals surface area contributed by atoms with Crippen LogP contribution in [-0.4, -0.2) is 39.7 Å². The minimum atomic E-state index is -3.76. The van der Waals surface area contributed by atoms with Gasteiger partial charge in [-0.05, 0) is 43.3 Å². The lowest BCUT2D eigenvalue weighted by molar-refractivity contribution is -0.116. The first kappa shape index (κ1) is 20.7. The number of ether oxygens (including phenoxy) is 1. The van der Waals surface area contributed by atoms with E-state index in [1.807, 2.05) is 0 Å². The van der Waals surface area contributed by atoms with Gasteiger partial charge in [-0.3, -0.25) is 9.10 Å². The van der Waals surface area contributed by atoms with Gasteiger partial charge in [0.1, 0.15) is 6.04 Å². The lowest BCUT2D eigenvalue weighted by Crippen LogP contribution is -2.45. The van der Waals surface area contributed by atoms with E-state index >= 15 is 0 Å². The summed E-state index contributed by atoms with van der Waals surface area (Å²) < 4.78 is 30.2. The van der Waals surface area contributed by atoms with Crippen molar-refractivity contribution in [3.63, 3.8) is 0 Å². The van der Waals surface area contributed by atoms with Crippen molar-refractivity contribution in [2.45, 2.75) is 13.0 Å². The predicted octanol–water partition coefficient (Wildman–Crippen LogP) is 2.92. The van der Waals surface area contributed by atoms with Crippen LogP contribution in [0.15, 0.2) is 48.5 Å². The summed E-state index contributed by atoms with van der Waals surface area (Å²) in [6.07, 6.45) is 1.01. The molecule has 0 radical (unpaired) electrons. The summed E-state index contributed by atoms with van der Waals surface area (Å²) in [5, 5.41) is 2.96. The number of nitrogens with zero attached hydrogens (tertiary/aromatic N) is 1. The van der Waals surface area contributed by atoms with Crippen molar-refractivity contribution in [3.05, 3.63) is 59.1 Å². The Bertz CT molecular complexity index is 962. The molecule has 0 saturated heterocycles. The summed E-state index contributed by atoms with van der Waals surface area (Å²) in [5.74, 6) is -1.11. The second-order valence-electron chi connectivity index (χ2n) is 5.78. The number of hydrogen-bond donors (Lipinski definition) is 1. The predicted molar refractivity (Wildman–Crippen MR) is 105 cm³/mol. The number of sulfonamides is 1. The Morgan fingerprint density at radius 3 is 2.41 bits per heavy atom. The van der Waals surface area contributed by atoms with Crippen molar-refractivity contribution in [2.75, 3.05) is 23.0 Å². The number of esters is 1. The van der Waals surface area contributed by atoms with E-state index in [0.29, 0.717) is 10.7 Å². The van der Waals surface area contributed by atoms with Crippen LogP contribution in [0.1, 0.15) is 17.3 Å². The highest BCUT2D eigenvalue weighted by Crippen LogP contribution is 2.24. The number of halogens is 1. The third kappa shape index (κ3) is 5.21. The number of anilines is 2. The molecule has 0 bridgehead atoms. The molecule has 1 atom stereocenters. The third-order valence-electron chi connectivity index (χ3n) is 3.70. The maximum Gasteiger partial charge on any atom is 0.337 e. The van der Waals surface area contributed by atoms with Gasteiger partial charge in [0.15, 0.2) is 0 Å². The van der Waals surface area contributed by atoms with Crippen LogP contribution in [0, 0.1) is 0 Å². The van der Waals surface area contributed by atoms with Crippen LogP contribution in [0.2, 0.25) is 5.02 Å². The molecule has 0 spiro atoms. The van der Waals surface area contributed by atoms with Crippen LogP contribution in [0.5, 0.6) is 0 Å². The maximum absolute atomic E-state index is 12.6. The molecule has 0 saturated carbocycles. The molecule has 1 amide bonds. The first-order valence-electron chi connectivity index (χ1n) is 7.87. The monoisotopic (exact) mass is 410 g/mol. The van der Waals surface area contributed by atoms with E-state index < -0.39 is 27.9 Å². The number of methoxy groups -OCH3 is 1. The smallest absolute Gasteiger partial charge is 0.337 e. The third-order valence-corrected chi connectivity index (χ3v) is 5.18. The lowest BCUT2D eigenvalue weighted by Gasteiger charge is -2.28. The normalized spacial score (nSPS) is 12.1. The molecule has 7 nitrogen and oxygen atoms in total. The molecule has 1 N–H and O–H groups in total. The summed E-state index contributed by atoms with van der Waals surface area (Å²) >= 11 is 5.95. The molecule has 144 valence electrons. The van der Waals surface area contributed by atoms with Gasteiger partial charge in [0, 0.05) is 10.7 Å². The fourth-order valence-corrected chi connectivity index (χ4v) is 3.86. The zero-order valence-electron chi connectivity index (χ0n) is 15.0. The second kappa shape index (κ2) is 8.41. The molecule has 0 fully saturated rings. The fraction of sp³-hybridized carbons (Fsp3) is 0.222. The Hall–Kier alpha value is -2.58. The highest BCUT2D eigenvalue weighted by Gasteiger charge is 2.29. The largest absolute Gasteiger partial charge is 0.465 e. The van der Waals surface area contributed by atoms with Gasteiger partial charge >= 0.3 is 5.97 Å². The van der Waals surface area contributed by atoms with Crippen LogP contribution >= 0.6 is 11.6 Å². The zero-order chi connectivity index (χ0) is 20.2.